The van der Waals surface area contributed by atoms with Crippen LogP contribution in [0, 0.1) is 0 Å². The minimum Gasteiger partial charge on any atom is -0.351 e. The van der Waals surface area contributed by atoms with Crippen molar-refractivity contribution in [3.8, 4) is 0 Å². The molecule has 0 saturated carbocycles. The van der Waals surface area contributed by atoms with Crippen molar-refractivity contribution in [1.29, 1.82) is 0 Å². The van der Waals surface area contributed by atoms with Crippen LogP contribution < -0.4 is 16.4 Å². The van der Waals surface area contributed by atoms with Crippen LogP contribution in [0.1, 0.15) is 19.8 Å². The summed E-state index contributed by atoms with van der Waals surface area (Å²) in [5.74, 6) is -0.190. The first-order valence-electron chi connectivity index (χ1n) is 4.43. The number of amides is 2. The Morgan fingerprint density at radius 3 is 2.86 bits per heavy atom. The quantitative estimate of drug-likeness (QED) is 0.581. The highest BCUT2D eigenvalue weighted by Gasteiger charge is 2.27. The zero-order chi connectivity index (χ0) is 9.84. The van der Waals surface area contributed by atoms with E-state index in [-0.39, 0.29) is 36.3 Å². The lowest BCUT2D eigenvalue weighted by Gasteiger charge is -2.15. The van der Waals surface area contributed by atoms with E-state index in [0.717, 1.165) is 0 Å². The second-order valence-electron chi connectivity index (χ2n) is 3.30. The molecular formula is C8H16ClN3O2. The summed E-state index contributed by atoms with van der Waals surface area (Å²) < 4.78 is 0. The Labute approximate surface area is 89.2 Å². The average Bonchev–Trinajstić information content (AvgIpc) is 2.51. The molecule has 1 heterocycles. The number of carbonyl (C=O) groups is 2. The van der Waals surface area contributed by atoms with Crippen LogP contribution in [0.5, 0.6) is 0 Å². The van der Waals surface area contributed by atoms with Gasteiger partial charge in [0.25, 0.3) is 0 Å². The lowest BCUT2D eigenvalue weighted by atomic mass is 10.2. The first-order chi connectivity index (χ1) is 6.13. The number of hydrogen-bond donors (Lipinski definition) is 3. The van der Waals surface area contributed by atoms with Crippen LogP contribution in [-0.4, -0.2) is 30.4 Å². The topological polar surface area (TPSA) is 84.2 Å². The molecule has 0 spiro atoms. The highest BCUT2D eigenvalue weighted by atomic mass is 35.5. The van der Waals surface area contributed by atoms with Crippen molar-refractivity contribution in [3.63, 3.8) is 0 Å². The van der Waals surface area contributed by atoms with Gasteiger partial charge in [0.15, 0.2) is 0 Å². The molecule has 1 rings (SSSR count). The summed E-state index contributed by atoms with van der Waals surface area (Å²) in [6.07, 6.45) is 1.02. The number of hydrogen-bond acceptors (Lipinski definition) is 3. The van der Waals surface area contributed by atoms with Crippen molar-refractivity contribution in [3.05, 3.63) is 0 Å². The van der Waals surface area contributed by atoms with Gasteiger partial charge in [-0.3, -0.25) is 9.59 Å². The molecule has 0 radical (unpaired) electrons. The minimum absolute atomic E-state index is 0. The summed E-state index contributed by atoms with van der Waals surface area (Å²) in [6, 6.07) is -0.397. The Balaban J connectivity index is 0.00000169. The molecule has 2 amide bonds. The second kappa shape index (κ2) is 5.82. The van der Waals surface area contributed by atoms with E-state index in [1.54, 1.807) is 0 Å². The number of rotatable bonds is 3. The van der Waals surface area contributed by atoms with Gasteiger partial charge >= 0.3 is 0 Å². The largest absolute Gasteiger partial charge is 0.351 e. The van der Waals surface area contributed by atoms with Gasteiger partial charge in [-0.2, -0.15) is 0 Å². The predicted octanol–water partition coefficient (Wildman–Crippen LogP) is -0.850. The van der Waals surface area contributed by atoms with Crippen molar-refractivity contribution < 1.29 is 9.59 Å². The lowest BCUT2D eigenvalue weighted by Crippen LogP contribution is -2.47. The van der Waals surface area contributed by atoms with Gasteiger partial charge in [-0.1, -0.05) is 0 Å². The van der Waals surface area contributed by atoms with E-state index < -0.39 is 0 Å². The second-order valence-corrected chi connectivity index (χ2v) is 3.30. The smallest absolute Gasteiger partial charge is 0.242 e. The SMILES string of the molecule is C[C@@H](CN)NC(=O)C1CCC(=O)N1.Cl. The molecule has 0 aromatic carbocycles. The Hall–Kier alpha value is -0.810. The Bertz CT molecular complexity index is 223. The van der Waals surface area contributed by atoms with Gasteiger partial charge in [0.1, 0.15) is 6.04 Å². The maximum Gasteiger partial charge on any atom is 0.242 e. The molecule has 0 aliphatic carbocycles. The molecule has 0 aromatic heterocycles. The monoisotopic (exact) mass is 221 g/mol. The molecule has 0 aromatic rings. The fraction of sp³-hybridized carbons (Fsp3) is 0.750. The minimum atomic E-state index is -0.360. The van der Waals surface area contributed by atoms with Crippen molar-refractivity contribution >= 4 is 24.2 Å². The Morgan fingerprint density at radius 2 is 2.43 bits per heavy atom. The van der Waals surface area contributed by atoms with Crippen LogP contribution >= 0.6 is 12.4 Å². The van der Waals surface area contributed by atoms with E-state index >= 15 is 0 Å². The van der Waals surface area contributed by atoms with E-state index in [9.17, 15) is 9.59 Å². The number of carbonyl (C=O) groups excluding carboxylic acids is 2. The molecule has 5 nitrogen and oxygen atoms in total. The Morgan fingerprint density at radius 1 is 1.79 bits per heavy atom. The van der Waals surface area contributed by atoms with Crippen LogP contribution in [0.15, 0.2) is 0 Å². The third kappa shape index (κ3) is 3.51. The van der Waals surface area contributed by atoms with Gasteiger partial charge in [-0.05, 0) is 13.3 Å². The van der Waals surface area contributed by atoms with E-state index in [4.69, 9.17) is 5.73 Å². The van der Waals surface area contributed by atoms with Crippen molar-refractivity contribution in [2.75, 3.05) is 6.54 Å². The maximum absolute atomic E-state index is 11.4. The average molecular weight is 222 g/mol. The number of nitrogens with two attached hydrogens (primary N) is 1. The summed E-state index contributed by atoms with van der Waals surface area (Å²) in [5.41, 5.74) is 5.34. The Kier molecular flexibility index (Phi) is 5.49. The predicted molar refractivity (Wildman–Crippen MR) is 55.1 cm³/mol. The van der Waals surface area contributed by atoms with Crippen molar-refractivity contribution in [2.45, 2.75) is 31.8 Å². The van der Waals surface area contributed by atoms with E-state index in [0.29, 0.717) is 19.4 Å². The molecule has 82 valence electrons. The third-order valence-electron chi connectivity index (χ3n) is 2.05. The summed E-state index contributed by atoms with van der Waals surface area (Å²) in [4.78, 5) is 22.2. The van der Waals surface area contributed by atoms with Crippen LogP contribution in [0.4, 0.5) is 0 Å². The third-order valence-corrected chi connectivity index (χ3v) is 2.05. The standard InChI is InChI=1S/C8H15N3O2.ClH/c1-5(4-9)10-8(13)6-2-3-7(12)11-6;/h5-6H,2-4,9H2,1H3,(H,10,13)(H,11,12);1H/t5-,6?;/m0./s1. The van der Waals surface area contributed by atoms with Crippen LogP contribution in [0.25, 0.3) is 0 Å². The van der Waals surface area contributed by atoms with Gasteiger partial charge in [0.2, 0.25) is 11.8 Å². The molecule has 2 atom stereocenters. The highest BCUT2D eigenvalue weighted by Crippen LogP contribution is 2.06. The summed E-state index contributed by atoms with van der Waals surface area (Å²) in [7, 11) is 0. The van der Waals surface area contributed by atoms with Crippen LogP contribution in [0.2, 0.25) is 0 Å². The normalized spacial score (nSPS) is 22.1. The fourth-order valence-corrected chi connectivity index (χ4v) is 1.21. The van der Waals surface area contributed by atoms with Gasteiger partial charge in [0, 0.05) is 19.0 Å². The van der Waals surface area contributed by atoms with Gasteiger partial charge in [-0.15, -0.1) is 12.4 Å². The van der Waals surface area contributed by atoms with E-state index in [1.807, 2.05) is 6.92 Å². The van der Waals surface area contributed by atoms with Crippen molar-refractivity contribution in [1.82, 2.24) is 10.6 Å². The first-order valence-corrected chi connectivity index (χ1v) is 4.43. The zero-order valence-electron chi connectivity index (χ0n) is 8.08. The molecule has 4 N–H and O–H groups in total. The van der Waals surface area contributed by atoms with E-state index in [1.165, 1.54) is 0 Å². The van der Waals surface area contributed by atoms with Gasteiger partial charge in [0.05, 0.1) is 0 Å². The lowest BCUT2D eigenvalue weighted by molar-refractivity contribution is -0.126. The van der Waals surface area contributed by atoms with Gasteiger partial charge < -0.3 is 16.4 Å². The molecular weight excluding hydrogens is 206 g/mol. The van der Waals surface area contributed by atoms with E-state index in [2.05, 4.69) is 10.6 Å². The van der Waals surface area contributed by atoms with Crippen molar-refractivity contribution in [2.24, 2.45) is 5.73 Å². The molecule has 1 unspecified atom stereocenters. The first kappa shape index (κ1) is 13.2. The molecule has 1 fully saturated rings. The molecule has 14 heavy (non-hydrogen) atoms. The zero-order valence-corrected chi connectivity index (χ0v) is 8.89. The summed E-state index contributed by atoms with van der Waals surface area (Å²) >= 11 is 0. The fourth-order valence-electron chi connectivity index (χ4n) is 1.21. The molecule has 0 bridgehead atoms. The van der Waals surface area contributed by atoms with Gasteiger partial charge in [-0.25, -0.2) is 0 Å². The molecule has 1 saturated heterocycles. The molecule has 1 aliphatic heterocycles. The molecule has 1 aliphatic rings. The maximum atomic E-state index is 11.4. The number of nitrogens with one attached hydrogen (secondary N) is 2. The molecule has 6 heteroatoms. The summed E-state index contributed by atoms with van der Waals surface area (Å²) in [5, 5.41) is 5.30. The van der Waals surface area contributed by atoms with Crippen LogP contribution in [0.3, 0.4) is 0 Å². The van der Waals surface area contributed by atoms with Crippen LogP contribution in [-0.2, 0) is 9.59 Å². The summed E-state index contributed by atoms with van der Waals surface area (Å²) in [6.45, 7) is 2.24. The number of halogens is 1. The highest BCUT2D eigenvalue weighted by molar-refractivity contribution is 5.90.